The fourth-order valence-corrected chi connectivity index (χ4v) is 4.62. The molecule has 2 heterocycles. The zero-order chi connectivity index (χ0) is 19.7. The number of amides is 1. The predicted molar refractivity (Wildman–Crippen MR) is 112 cm³/mol. The minimum atomic E-state index is -0.239. The van der Waals surface area contributed by atoms with Crippen molar-refractivity contribution in [3.8, 4) is 11.5 Å². The highest BCUT2D eigenvalue weighted by Gasteiger charge is 2.34. The second-order valence-electron chi connectivity index (χ2n) is 6.59. The Morgan fingerprint density at radius 2 is 1.89 bits per heavy atom. The highest BCUT2D eigenvalue weighted by molar-refractivity contribution is 7.12. The van der Waals surface area contributed by atoms with Crippen molar-refractivity contribution in [3.05, 3.63) is 80.5 Å². The fraction of sp³-hybridized carbons (Fsp3) is 0.227. The summed E-state index contributed by atoms with van der Waals surface area (Å²) < 4.78 is 11.0. The van der Waals surface area contributed by atoms with E-state index in [9.17, 15) is 4.79 Å². The maximum Gasteiger partial charge on any atom is 0.264 e. The molecule has 1 atom stereocenters. The van der Waals surface area contributed by atoms with E-state index in [2.05, 4.69) is 0 Å². The summed E-state index contributed by atoms with van der Waals surface area (Å²) in [5.41, 5.74) is 3.17. The number of fused-ring (bicyclic) bond motifs is 1. The van der Waals surface area contributed by atoms with E-state index >= 15 is 0 Å². The quantitative estimate of drug-likeness (QED) is 0.589. The van der Waals surface area contributed by atoms with Gasteiger partial charge in [-0.15, -0.1) is 11.3 Å². The first kappa shape index (κ1) is 18.8. The molecule has 0 bridgehead atoms. The number of rotatable bonds is 4. The van der Waals surface area contributed by atoms with E-state index in [1.165, 1.54) is 11.3 Å². The van der Waals surface area contributed by atoms with E-state index in [0.717, 1.165) is 28.0 Å². The standard InChI is InChI=1S/C22H20ClNO3S/c1-26-18-12-14-8-9-24(22(25)20-7-4-10-28-20)21(17(14)13-19(18)27-2)15-5-3-6-16(23)11-15/h3-7,10-13,21H,8-9H2,1-2H3. The van der Waals surface area contributed by atoms with Gasteiger partial charge in [-0.25, -0.2) is 0 Å². The number of methoxy groups -OCH3 is 2. The highest BCUT2D eigenvalue weighted by Crippen LogP contribution is 2.42. The average molecular weight is 414 g/mol. The molecule has 4 rings (SSSR count). The van der Waals surface area contributed by atoms with Gasteiger partial charge < -0.3 is 14.4 Å². The van der Waals surface area contributed by atoms with Crippen LogP contribution in [0.3, 0.4) is 0 Å². The van der Waals surface area contributed by atoms with Gasteiger partial charge in [-0.05, 0) is 58.8 Å². The van der Waals surface area contributed by atoms with Crippen molar-refractivity contribution in [1.82, 2.24) is 4.90 Å². The molecule has 0 aliphatic carbocycles. The summed E-state index contributed by atoms with van der Waals surface area (Å²) in [5, 5.41) is 2.57. The molecule has 4 nitrogen and oxygen atoms in total. The fourth-order valence-electron chi connectivity index (χ4n) is 3.74. The van der Waals surface area contributed by atoms with Crippen LogP contribution in [-0.4, -0.2) is 31.6 Å². The molecule has 0 spiro atoms. The first-order chi connectivity index (χ1) is 13.6. The normalized spacial score (nSPS) is 15.8. The molecule has 1 amide bonds. The van der Waals surface area contributed by atoms with E-state index < -0.39 is 0 Å². The number of carbonyl (C=O) groups is 1. The van der Waals surface area contributed by atoms with Crippen LogP contribution in [0.1, 0.15) is 32.4 Å². The van der Waals surface area contributed by atoms with Crippen LogP contribution in [0.15, 0.2) is 53.9 Å². The zero-order valence-corrected chi connectivity index (χ0v) is 17.2. The van der Waals surface area contributed by atoms with Crippen LogP contribution >= 0.6 is 22.9 Å². The number of benzene rings is 2. The van der Waals surface area contributed by atoms with E-state index in [0.29, 0.717) is 23.1 Å². The Balaban J connectivity index is 1.87. The summed E-state index contributed by atoms with van der Waals surface area (Å²) in [6.45, 7) is 0.621. The minimum absolute atomic E-state index is 0.0282. The summed E-state index contributed by atoms with van der Waals surface area (Å²) in [6.07, 6.45) is 0.754. The molecule has 1 aromatic heterocycles. The lowest BCUT2D eigenvalue weighted by molar-refractivity contribution is 0.0699. The van der Waals surface area contributed by atoms with Crippen LogP contribution in [0, 0.1) is 0 Å². The van der Waals surface area contributed by atoms with Gasteiger partial charge in [-0.2, -0.15) is 0 Å². The maximum atomic E-state index is 13.3. The molecule has 0 saturated carbocycles. The van der Waals surface area contributed by atoms with Gasteiger partial charge in [0.05, 0.1) is 25.1 Å². The molecule has 1 aliphatic heterocycles. The molecule has 144 valence electrons. The van der Waals surface area contributed by atoms with E-state index in [-0.39, 0.29) is 11.9 Å². The van der Waals surface area contributed by atoms with Crippen molar-refractivity contribution in [1.29, 1.82) is 0 Å². The number of hydrogen-bond donors (Lipinski definition) is 0. The van der Waals surface area contributed by atoms with Crippen molar-refractivity contribution in [3.63, 3.8) is 0 Å². The number of nitrogens with zero attached hydrogens (tertiary/aromatic N) is 1. The first-order valence-electron chi connectivity index (χ1n) is 8.97. The van der Waals surface area contributed by atoms with E-state index in [4.69, 9.17) is 21.1 Å². The molecule has 3 aromatic rings. The SMILES string of the molecule is COc1cc2c(cc1OC)C(c1cccc(Cl)c1)N(C(=O)c1cccs1)CC2. The smallest absolute Gasteiger partial charge is 0.264 e. The van der Waals surface area contributed by atoms with Crippen molar-refractivity contribution >= 4 is 28.8 Å². The van der Waals surface area contributed by atoms with Gasteiger partial charge in [0.15, 0.2) is 11.5 Å². The van der Waals surface area contributed by atoms with E-state index in [1.807, 2.05) is 58.8 Å². The molecule has 28 heavy (non-hydrogen) atoms. The second kappa shape index (κ2) is 7.86. The number of hydrogen-bond acceptors (Lipinski definition) is 4. The summed E-state index contributed by atoms with van der Waals surface area (Å²) in [6, 6.07) is 15.2. The molecule has 1 aliphatic rings. The van der Waals surface area contributed by atoms with Gasteiger partial charge in [0.25, 0.3) is 5.91 Å². The van der Waals surface area contributed by atoms with Crippen LogP contribution in [0.5, 0.6) is 11.5 Å². The topological polar surface area (TPSA) is 38.8 Å². The Bertz CT molecular complexity index is 1000. The summed E-state index contributed by atoms with van der Waals surface area (Å²) in [5.74, 6) is 1.38. The van der Waals surface area contributed by atoms with Gasteiger partial charge in [-0.3, -0.25) is 4.79 Å². The number of carbonyl (C=O) groups excluding carboxylic acids is 1. The Kier molecular flexibility index (Phi) is 5.29. The van der Waals surface area contributed by atoms with Gasteiger partial charge in [0, 0.05) is 11.6 Å². The van der Waals surface area contributed by atoms with Crippen molar-refractivity contribution in [2.24, 2.45) is 0 Å². The molecule has 1 unspecified atom stereocenters. The molecule has 0 saturated heterocycles. The second-order valence-corrected chi connectivity index (χ2v) is 7.97. The Morgan fingerprint density at radius 1 is 1.11 bits per heavy atom. The number of thiophene rings is 1. The lowest BCUT2D eigenvalue weighted by Gasteiger charge is -2.38. The Hall–Kier alpha value is -2.50. The van der Waals surface area contributed by atoms with Crippen LogP contribution < -0.4 is 9.47 Å². The third-order valence-electron chi connectivity index (χ3n) is 5.03. The average Bonchev–Trinajstić information content (AvgIpc) is 3.26. The van der Waals surface area contributed by atoms with Crippen LogP contribution in [0.25, 0.3) is 0 Å². The van der Waals surface area contributed by atoms with Crippen molar-refractivity contribution < 1.29 is 14.3 Å². The molecular formula is C22H20ClNO3S. The monoisotopic (exact) mass is 413 g/mol. The molecule has 0 fully saturated rings. The Morgan fingerprint density at radius 3 is 2.57 bits per heavy atom. The van der Waals surface area contributed by atoms with Crippen molar-refractivity contribution in [2.75, 3.05) is 20.8 Å². The van der Waals surface area contributed by atoms with Gasteiger partial charge in [-0.1, -0.05) is 29.8 Å². The first-order valence-corrected chi connectivity index (χ1v) is 10.2. The van der Waals surface area contributed by atoms with Gasteiger partial charge in [0.1, 0.15) is 0 Å². The molecule has 0 radical (unpaired) electrons. The number of halogens is 1. The van der Waals surface area contributed by atoms with Crippen LogP contribution in [-0.2, 0) is 6.42 Å². The minimum Gasteiger partial charge on any atom is -0.493 e. The van der Waals surface area contributed by atoms with Gasteiger partial charge in [0.2, 0.25) is 0 Å². The molecule has 0 N–H and O–H groups in total. The third kappa shape index (κ3) is 3.36. The molecular weight excluding hydrogens is 394 g/mol. The zero-order valence-electron chi connectivity index (χ0n) is 15.6. The van der Waals surface area contributed by atoms with Crippen molar-refractivity contribution in [2.45, 2.75) is 12.5 Å². The maximum absolute atomic E-state index is 13.3. The number of ether oxygens (including phenoxy) is 2. The third-order valence-corrected chi connectivity index (χ3v) is 6.12. The van der Waals surface area contributed by atoms with Crippen LogP contribution in [0.2, 0.25) is 5.02 Å². The summed E-state index contributed by atoms with van der Waals surface area (Å²) >= 11 is 7.74. The van der Waals surface area contributed by atoms with E-state index in [1.54, 1.807) is 14.2 Å². The lowest BCUT2D eigenvalue weighted by Crippen LogP contribution is -2.40. The lowest BCUT2D eigenvalue weighted by atomic mass is 9.87. The summed E-state index contributed by atoms with van der Waals surface area (Å²) in [4.78, 5) is 15.9. The summed E-state index contributed by atoms with van der Waals surface area (Å²) in [7, 11) is 3.25. The van der Waals surface area contributed by atoms with Gasteiger partial charge >= 0.3 is 0 Å². The molecule has 6 heteroatoms. The Labute approximate surface area is 173 Å². The largest absolute Gasteiger partial charge is 0.493 e. The molecule has 2 aromatic carbocycles. The van der Waals surface area contributed by atoms with Crippen LogP contribution in [0.4, 0.5) is 0 Å². The highest BCUT2D eigenvalue weighted by atomic mass is 35.5. The predicted octanol–water partition coefficient (Wildman–Crippen LogP) is 5.21.